The summed E-state index contributed by atoms with van der Waals surface area (Å²) in [5, 5.41) is 22.7. The SMILES string of the molecule is CCOC(=O)CN/C=C(/C#N)C(=O)Nc1cccc(C(=O)O)c1. The molecule has 0 spiro atoms. The molecule has 23 heavy (non-hydrogen) atoms. The smallest absolute Gasteiger partial charge is 0.335 e. The third kappa shape index (κ3) is 5.89. The van der Waals surface area contributed by atoms with Gasteiger partial charge in [0.1, 0.15) is 18.2 Å². The maximum Gasteiger partial charge on any atom is 0.335 e. The summed E-state index contributed by atoms with van der Waals surface area (Å²) in [5.41, 5.74) is -0.0257. The van der Waals surface area contributed by atoms with Crippen molar-refractivity contribution in [1.29, 1.82) is 5.26 Å². The fourth-order valence-electron chi connectivity index (χ4n) is 1.53. The van der Waals surface area contributed by atoms with Gasteiger partial charge in [0, 0.05) is 11.9 Å². The second-order valence-corrected chi connectivity index (χ2v) is 4.20. The van der Waals surface area contributed by atoms with Gasteiger partial charge in [0.25, 0.3) is 5.91 Å². The first-order valence-corrected chi connectivity index (χ1v) is 6.62. The third-order valence-electron chi connectivity index (χ3n) is 2.53. The fourth-order valence-corrected chi connectivity index (χ4v) is 1.53. The number of carbonyl (C=O) groups is 3. The number of nitriles is 1. The van der Waals surface area contributed by atoms with Crippen LogP contribution >= 0.6 is 0 Å². The molecule has 8 heteroatoms. The Morgan fingerprint density at radius 1 is 1.39 bits per heavy atom. The van der Waals surface area contributed by atoms with Crippen molar-refractivity contribution in [1.82, 2.24) is 5.32 Å². The van der Waals surface area contributed by atoms with E-state index in [-0.39, 0.29) is 30.0 Å². The van der Waals surface area contributed by atoms with Crippen LogP contribution in [0.2, 0.25) is 0 Å². The van der Waals surface area contributed by atoms with Gasteiger partial charge in [-0.3, -0.25) is 9.59 Å². The molecule has 1 aromatic rings. The molecule has 0 aliphatic carbocycles. The quantitative estimate of drug-likeness (QED) is 0.387. The van der Waals surface area contributed by atoms with Gasteiger partial charge in [-0.2, -0.15) is 5.26 Å². The highest BCUT2D eigenvalue weighted by atomic mass is 16.5. The molecule has 0 aromatic heterocycles. The molecular weight excluding hydrogens is 302 g/mol. The van der Waals surface area contributed by atoms with E-state index in [2.05, 4.69) is 15.4 Å². The number of carboxylic acids is 1. The zero-order valence-electron chi connectivity index (χ0n) is 12.3. The van der Waals surface area contributed by atoms with Gasteiger partial charge < -0.3 is 20.5 Å². The van der Waals surface area contributed by atoms with Gasteiger partial charge in [0.2, 0.25) is 0 Å². The van der Waals surface area contributed by atoms with Crippen molar-refractivity contribution in [2.75, 3.05) is 18.5 Å². The van der Waals surface area contributed by atoms with Crippen LogP contribution in [0.25, 0.3) is 0 Å². The van der Waals surface area contributed by atoms with Crippen LogP contribution in [-0.4, -0.2) is 36.1 Å². The Kier molecular flexibility index (Phi) is 6.81. The first-order chi connectivity index (χ1) is 11.0. The van der Waals surface area contributed by atoms with Gasteiger partial charge in [-0.15, -0.1) is 0 Å². The van der Waals surface area contributed by atoms with Crippen LogP contribution in [0.15, 0.2) is 36.0 Å². The van der Waals surface area contributed by atoms with Crippen molar-refractivity contribution in [2.45, 2.75) is 6.92 Å². The molecule has 8 nitrogen and oxygen atoms in total. The van der Waals surface area contributed by atoms with Crippen LogP contribution in [0.5, 0.6) is 0 Å². The molecule has 0 bridgehead atoms. The summed E-state index contributed by atoms with van der Waals surface area (Å²) >= 11 is 0. The summed E-state index contributed by atoms with van der Waals surface area (Å²) in [6.07, 6.45) is 1.09. The maximum absolute atomic E-state index is 11.9. The number of esters is 1. The number of hydrogen-bond acceptors (Lipinski definition) is 6. The zero-order valence-corrected chi connectivity index (χ0v) is 12.3. The molecule has 1 aromatic carbocycles. The lowest BCUT2D eigenvalue weighted by Crippen LogP contribution is -2.22. The number of nitrogens with zero attached hydrogens (tertiary/aromatic N) is 1. The molecule has 1 amide bonds. The average Bonchev–Trinajstić information content (AvgIpc) is 2.52. The molecule has 3 N–H and O–H groups in total. The van der Waals surface area contributed by atoms with Crippen LogP contribution in [0.3, 0.4) is 0 Å². The highest BCUT2D eigenvalue weighted by Crippen LogP contribution is 2.11. The van der Waals surface area contributed by atoms with Crippen molar-refractivity contribution < 1.29 is 24.2 Å². The molecule has 0 saturated heterocycles. The second-order valence-electron chi connectivity index (χ2n) is 4.20. The normalized spacial score (nSPS) is 10.3. The highest BCUT2D eigenvalue weighted by molar-refractivity contribution is 6.06. The van der Waals surface area contributed by atoms with Crippen LogP contribution in [0, 0.1) is 11.3 Å². The van der Waals surface area contributed by atoms with E-state index in [0.29, 0.717) is 0 Å². The van der Waals surface area contributed by atoms with Gasteiger partial charge >= 0.3 is 11.9 Å². The van der Waals surface area contributed by atoms with Gasteiger partial charge in [-0.25, -0.2) is 4.79 Å². The Morgan fingerprint density at radius 3 is 2.74 bits per heavy atom. The van der Waals surface area contributed by atoms with Crippen molar-refractivity contribution in [3.63, 3.8) is 0 Å². The Hall–Kier alpha value is -3.34. The second kappa shape index (κ2) is 8.84. The number of benzene rings is 1. The number of nitrogens with one attached hydrogen (secondary N) is 2. The van der Waals surface area contributed by atoms with Gasteiger partial charge in [-0.1, -0.05) is 6.07 Å². The number of carboxylic acid groups (broad SMARTS) is 1. The minimum Gasteiger partial charge on any atom is -0.478 e. The lowest BCUT2D eigenvalue weighted by atomic mass is 10.2. The number of rotatable bonds is 7. The van der Waals surface area contributed by atoms with E-state index in [4.69, 9.17) is 10.4 Å². The topological polar surface area (TPSA) is 129 Å². The maximum atomic E-state index is 11.9. The van der Waals surface area contributed by atoms with Crippen LogP contribution in [0.1, 0.15) is 17.3 Å². The van der Waals surface area contributed by atoms with Crippen LogP contribution in [-0.2, 0) is 14.3 Å². The Morgan fingerprint density at radius 2 is 2.13 bits per heavy atom. The van der Waals surface area contributed by atoms with Crippen molar-refractivity contribution in [3.05, 3.63) is 41.6 Å². The summed E-state index contributed by atoms with van der Waals surface area (Å²) in [7, 11) is 0. The molecule has 0 fully saturated rings. The van der Waals surface area contributed by atoms with E-state index in [9.17, 15) is 14.4 Å². The monoisotopic (exact) mass is 317 g/mol. The third-order valence-corrected chi connectivity index (χ3v) is 2.53. The zero-order chi connectivity index (χ0) is 17.2. The largest absolute Gasteiger partial charge is 0.478 e. The van der Waals surface area contributed by atoms with E-state index >= 15 is 0 Å². The van der Waals surface area contributed by atoms with E-state index in [1.807, 2.05) is 0 Å². The Labute approximate surface area is 132 Å². The molecule has 0 heterocycles. The summed E-state index contributed by atoms with van der Waals surface area (Å²) in [6.45, 7) is 1.71. The Bertz CT molecular complexity index is 676. The van der Waals surface area contributed by atoms with Crippen molar-refractivity contribution >= 4 is 23.5 Å². The number of ether oxygens (including phenoxy) is 1. The number of anilines is 1. The van der Waals surface area contributed by atoms with Crippen molar-refractivity contribution in [3.8, 4) is 6.07 Å². The summed E-state index contributed by atoms with van der Waals surface area (Å²) in [5.74, 6) is -2.38. The number of amides is 1. The minimum atomic E-state index is -1.13. The van der Waals surface area contributed by atoms with Gasteiger partial charge in [-0.05, 0) is 25.1 Å². The van der Waals surface area contributed by atoms with Crippen LogP contribution in [0.4, 0.5) is 5.69 Å². The highest BCUT2D eigenvalue weighted by Gasteiger charge is 2.11. The van der Waals surface area contributed by atoms with E-state index in [0.717, 1.165) is 6.20 Å². The summed E-state index contributed by atoms with van der Waals surface area (Å²) in [4.78, 5) is 33.9. The molecule has 0 saturated carbocycles. The number of aromatic carboxylic acids is 1. The molecule has 0 radical (unpaired) electrons. The van der Waals surface area contributed by atoms with Crippen molar-refractivity contribution in [2.24, 2.45) is 0 Å². The van der Waals surface area contributed by atoms with Crippen LogP contribution < -0.4 is 10.6 Å². The summed E-state index contributed by atoms with van der Waals surface area (Å²) in [6, 6.07) is 7.28. The summed E-state index contributed by atoms with van der Waals surface area (Å²) < 4.78 is 4.68. The molecule has 0 unspecified atom stereocenters. The molecule has 120 valence electrons. The molecule has 0 atom stereocenters. The fraction of sp³-hybridized carbons (Fsp3) is 0.200. The standard InChI is InChI=1S/C15H15N3O5/c1-2-23-13(19)9-17-8-11(7-16)14(20)18-12-5-3-4-10(6-12)15(21)22/h3-6,8,17H,2,9H2,1H3,(H,18,20)(H,21,22)/b11-8-. The molecule has 0 aliphatic rings. The first kappa shape index (κ1) is 17.7. The predicted octanol–water partition coefficient (Wildman–Crippen LogP) is 0.883. The predicted molar refractivity (Wildman–Crippen MR) is 80.4 cm³/mol. The average molecular weight is 317 g/mol. The Balaban J connectivity index is 2.70. The minimum absolute atomic E-state index is 0.00530. The van der Waals surface area contributed by atoms with E-state index < -0.39 is 17.8 Å². The number of carbonyl (C=O) groups excluding carboxylic acids is 2. The lowest BCUT2D eigenvalue weighted by Gasteiger charge is -2.06. The van der Waals surface area contributed by atoms with E-state index in [1.165, 1.54) is 24.3 Å². The molecule has 1 rings (SSSR count). The van der Waals surface area contributed by atoms with E-state index in [1.54, 1.807) is 13.0 Å². The van der Waals surface area contributed by atoms with Gasteiger partial charge in [0.15, 0.2) is 0 Å². The molecule has 0 aliphatic heterocycles. The van der Waals surface area contributed by atoms with Gasteiger partial charge in [0.05, 0.1) is 12.2 Å². The first-order valence-electron chi connectivity index (χ1n) is 6.62. The molecular formula is C15H15N3O5. The number of hydrogen-bond donors (Lipinski definition) is 3. The lowest BCUT2D eigenvalue weighted by molar-refractivity contribution is -0.141.